The van der Waals surface area contributed by atoms with Crippen LogP contribution in [0.25, 0.3) is 0 Å². The highest BCUT2D eigenvalue weighted by atomic mass is 32.2. The summed E-state index contributed by atoms with van der Waals surface area (Å²) in [6.07, 6.45) is 30.5. The van der Waals surface area contributed by atoms with Gasteiger partial charge in [-0.15, -0.1) is 0 Å². The number of benzene rings is 4. The molecule has 4 fully saturated rings. The van der Waals surface area contributed by atoms with Crippen LogP contribution >= 0.6 is 0 Å². The van der Waals surface area contributed by atoms with Gasteiger partial charge in [0.25, 0.3) is 0 Å². The lowest BCUT2D eigenvalue weighted by molar-refractivity contribution is 0.0510. The summed E-state index contributed by atoms with van der Waals surface area (Å²) in [6.45, 7) is 27.6. The number of rotatable bonds is 30. The van der Waals surface area contributed by atoms with Crippen LogP contribution < -0.4 is 14.2 Å². The van der Waals surface area contributed by atoms with Gasteiger partial charge in [-0.05, 0) is 317 Å². The normalized spacial score (nSPS) is 22.0. The molecule has 0 heterocycles. The third-order valence-electron chi connectivity index (χ3n) is 22.2. The van der Waals surface area contributed by atoms with Gasteiger partial charge in [-0.25, -0.2) is 33.7 Å². The average molecular weight is 1530 g/mol. The van der Waals surface area contributed by atoms with Crippen molar-refractivity contribution in [2.24, 2.45) is 47.3 Å². The Kier molecular flexibility index (Phi) is 36.8. The minimum Gasteiger partial charge on any atom is -0.494 e. The van der Waals surface area contributed by atoms with Gasteiger partial charge in [0, 0.05) is 29.1 Å². The summed E-state index contributed by atoms with van der Waals surface area (Å²) in [5, 5.41) is 0. The summed E-state index contributed by atoms with van der Waals surface area (Å²) < 4.78 is 130. The summed E-state index contributed by atoms with van der Waals surface area (Å²) in [7, 11) is -11.3. The fourth-order valence-electron chi connectivity index (χ4n) is 14.3. The van der Waals surface area contributed by atoms with E-state index in [0.29, 0.717) is 65.1 Å². The van der Waals surface area contributed by atoms with Crippen LogP contribution in [-0.2, 0) is 80.6 Å². The number of sulfone groups is 4. The van der Waals surface area contributed by atoms with Crippen molar-refractivity contribution >= 4 is 50.1 Å². The molecule has 4 saturated carbocycles. The van der Waals surface area contributed by atoms with Crippen LogP contribution in [0.15, 0.2) is 102 Å². The van der Waals surface area contributed by atoms with Gasteiger partial charge in [-0.2, -0.15) is 0 Å². The van der Waals surface area contributed by atoms with E-state index in [1.54, 1.807) is 54.9 Å². The van der Waals surface area contributed by atoms with E-state index >= 15 is 0 Å². The predicted octanol–water partition coefficient (Wildman–Crippen LogP) is 19.9. The van der Waals surface area contributed by atoms with Crippen molar-refractivity contribution in [3.63, 3.8) is 0 Å². The van der Waals surface area contributed by atoms with Crippen LogP contribution in [0.1, 0.15) is 260 Å². The summed E-state index contributed by atoms with van der Waals surface area (Å²) in [6, 6.07) is 33.2. The molecule has 13 nitrogen and oxygen atoms in total. The molecule has 0 bridgehead atoms. The lowest BCUT2D eigenvalue weighted by Gasteiger charge is -2.30. The predicted molar refractivity (Wildman–Crippen MR) is 431 cm³/mol. The molecule has 4 aliphatic rings. The highest BCUT2D eigenvalue weighted by Crippen LogP contribution is 2.39. The van der Waals surface area contributed by atoms with Crippen molar-refractivity contribution in [2.75, 3.05) is 56.4 Å². The number of methoxy groups -OCH3 is 1. The molecule has 0 aliphatic heterocycles. The largest absolute Gasteiger partial charge is 0.494 e. The molecular formula is C85H138O13S5. The molecule has 0 saturated heterocycles. The Balaban J connectivity index is 0.000000247. The monoisotopic (exact) mass is 1530 g/mol. The molecule has 0 amide bonds. The smallest absolute Gasteiger partial charge is 0.188 e. The van der Waals surface area contributed by atoms with Crippen LogP contribution in [0.4, 0.5) is 0 Å². The SMILES string of the molecule is CCCCOc1cccc(CCC2CCC(CS(=O)(=O)C(C)(C)C)CC2)c1.CCOc1cccc(CCC2CCC(CS(=O)(=O)C(C)(C)C)CC2)c1.COCOc1cccc(CCC2CCC(CS(=O)(=O)C(C)(C)C)CC2)c1.CS(=O)c1ccc(CCC2CCC(CS(=O)(=O)C(C)(C)C)CC2)cc1. The zero-order valence-corrected chi connectivity index (χ0v) is 70.6. The van der Waals surface area contributed by atoms with Gasteiger partial charge < -0.3 is 18.9 Å². The van der Waals surface area contributed by atoms with Crippen molar-refractivity contribution in [1.29, 1.82) is 0 Å². The second kappa shape index (κ2) is 42.2. The zero-order chi connectivity index (χ0) is 76.3. The Morgan fingerprint density at radius 2 is 0.641 bits per heavy atom. The Morgan fingerprint density at radius 3 is 0.903 bits per heavy atom. The van der Waals surface area contributed by atoms with E-state index in [2.05, 4.69) is 67.6 Å². The molecule has 0 aromatic heterocycles. The van der Waals surface area contributed by atoms with E-state index < -0.39 is 69.1 Å². The number of hydrogen-bond acceptors (Lipinski definition) is 13. The zero-order valence-electron chi connectivity index (χ0n) is 66.5. The van der Waals surface area contributed by atoms with E-state index in [9.17, 15) is 37.9 Å². The summed E-state index contributed by atoms with van der Waals surface area (Å²) in [5.74, 6) is 8.42. The molecule has 18 heteroatoms. The van der Waals surface area contributed by atoms with Gasteiger partial charge in [0.15, 0.2) is 46.1 Å². The Bertz CT molecular complexity index is 3580. The first-order valence-electron chi connectivity index (χ1n) is 39.2. The molecular weight excluding hydrogens is 1390 g/mol. The molecule has 8 rings (SSSR count). The number of ether oxygens (including phenoxy) is 4. The molecule has 4 aromatic carbocycles. The van der Waals surface area contributed by atoms with Crippen molar-refractivity contribution in [1.82, 2.24) is 0 Å². The maximum Gasteiger partial charge on any atom is 0.188 e. The third kappa shape index (κ3) is 32.1. The summed E-state index contributed by atoms with van der Waals surface area (Å²) in [4.78, 5) is 0.879. The first-order chi connectivity index (χ1) is 48.2. The van der Waals surface area contributed by atoms with E-state index in [0.717, 1.165) is 195 Å². The van der Waals surface area contributed by atoms with Crippen LogP contribution in [-0.4, -0.2) is 113 Å². The fraction of sp³-hybridized carbons (Fsp3) is 0.718. The summed E-state index contributed by atoms with van der Waals surface area (Å²) >= 11 is 0. The highest BCUT2D eigenvalue weighted by molar-refractivity contribution is 7.93. The average Bonchev–Trinajstić information content (AvgIpc) is 0.838. The molecule has 1 atom stereocenters. The molecule has 586 valence electrons. The Labute approximate surface area is 630 Å². The van der Waals surface area contributed by atoms with E-state index in [1.807, 2.05) is 84.9 Å². The first kappa shape index (κ1) is 89.8. The van der Waals surface area contributed by atoms with Gasteiger partial charge in [-0.1, -0.05) is 113 Å². The Hall–Kier alpha value is -3.81. The van der Waals surface area contributed by atoms with Crippen LogP contribution in [0.2, 0.25) is 0 Å². The van der Waals surface area contributed by atoms with Gasteiger partial charge in [0.2, 0.25) is 0 Å². The van der Waals surface area contributed by atoms with Gasteiger partial charge in [-0.3, -0.25) is 4.21 Å². The second-order valence-electron chi connectivity index (χ2n) is 34.5. The lowest BCUT2D eigenvalue weighted by Crippen LogP contribution is -2.34. The van der Waals surface area contributed by atoms with Crippen molar-refractivity contribution in [3.8, 4) is 17.2 Å². The topological polar surface area (TPSA) is 191 Å². The molecule has 4 aromatic rings. The van der Waals surface area contributed by atoms with E-state index in [-0.39, 0.29) is 6.79 Å². The van der Waals surface area contributed by atoms with Crippen LogP contribution in [0.5, 0.6) is 17.2 Å². The number of hydrogen-bond donors (Lipinski definition) is 0. The highest BCUT2D eigenvalue weighted by Gasteiger charge is 2.37. The van der Waals surface area contributed by atoms with Crippen molar-refractivity contribution in [3.05, 3.63) is 119 Å². The second-order valence-corrected chi connectivity index (χ2v) is 47.0. The first-order valence-corrected chi connectivity index (χ1v) is 47.3. The minimum absolute atomic E-state index is 0.269. The number of unbranched alkanes of at least 4 members (excludes halogenated alkanes) is 1. The van der Waals surface area contributed by atoms with Crippen molar-refractivity contribution in [2.45, 2.75) is 288 Å². The lowest BCUT2D eigenvalue weighted by atomic mass is 9.80. The quantitative estimate of drug-likeness (QED) is 0.0354. The van der Waals surface area contributed by atoms with Crippen LogP contribution in [0, 0.1) is 47.3 Å². The molecule has 4 aliphatic carbocycles. The fourth-order valence-corrected chi connectivity index (χ4v) is 20.7. The van der Waals surface area contributed by atoms with Crippen molar-refractivity contribution < 1.29 is 56.8 Å². The Morgan fingerprint density at radius 1 is 0.369 bits per heavy atom. The molecule has 103 heavy (non-hydrogen) atoms. The summed E-state index contributed by atoms with van der Waals surface area (Å²) in [5.41, 5.74) is 5.27. The molecule has 0 radical (unpaired) electrons. The third-order valence-corrected chi connectivity index (χ3v) is 34.2. The van der Waals surface area contributed by atoms with Crippen LogP contribution in [0.3, 0.4) is 0 Å². The molecule has 0 spiro atoms. The van der Waals surface area contributed by atoms with E-state index in [1.165, 1.54) is 35.1 Å². The standard InChI is InChI=1S/C23H38O3S.C21H34O4S.C21H34O3S.C20H32O3S2/c1-5-6-16-26-22-9-7-8-20(17-22)13-10-19-11-14-21(15-12-19)18-27(24,25)23(2,3)4;1-21(2,3)26(22,23)15-19-12-9-17(10-13-19)8-11-18-6-5-7-20(14-18)25-16-24-4;1-5-24-20-8-6-7-18(15-20)12-9-17-10-13-19(14-11-17)16-25(22,23)21(2,3)4;1-20(2,3)25(22,23)15-18-9-7-16(8-10-18)5-6-17-11-13-19(14-12-17)24(4)21/h7-9,17,19,21H,5-6,10-16,18H2,1-4H3;5-7,14,17,19H,8-13,15-16H2,1-4H3;6-8,15,17,19H,5,9-14,16H2,1-4H3;11-14,16,18H,5-10,15H2,1-4H3. The van der Waals surface area contributed by atoms with Gasteiger partial charge in [0.05, 0.1) is 55.2 Å². The van der Waals surface area contributed by atoms with Gasteiger partial charge in [0.1, 0.15) is 17.2 Å². The maximum absolute atomic E-state index is 12.4. The van der Waals surface area contributed by atoms with Gasteiger partial charge >= 0.3 is 0 Å². The molecule has 0 N–H and O–H groups in total. The number of aryl methyl sites for hydroxylation is 4. The molecule has 1 unspecified atom stereocenters. The van der Waals surface area contributed by atoms with E-state index in [4.69, 9.17) is 18.9 Å². The maximum atomic E-state index is 12.4. The minimum atomic E-state index is -3.01.